The minimum atomic E-state index is -5.24. The molecule has 1 unspecified atom stereocenters. The van der Waals surface area contributed by atoms with Crippen LogP contribution in [-0.4, -0.2) is 101 Å². The predicted octanol–water partition coefficient (Wildman–Crippen LogP) is 2.81. The topological polar surface area (TPSA) is 198 Å². The number of likely N-dealkylation sites (tertiary alicyclic amines) is 1. The van der Waals surface area contributed by atoms with Gasteiger partial charge >= 0.3 is 12.1 Å². The van der Waals surface area contributed by atoms with Gasteiger partial charge in [0.25, 0.3) is 0 Å². The quantitative estimate of drug-likeness (QED) is 0.236. The Hall–Kier alpha value is -3.43. The van der Waals surface area contributed by atoms with Crippen LogP contribution in [0.3, 0.4) is 0 Å². The number of hydrogen-bond donors (Lipinski definition) is 4. The maximum atomic E-state index is 14.2. The van der Waals surface area contributed by atoms with Crippen LogP contribution in [0.15, 0.2) is 30.3 Å². The Morgan fingerprint density at radius 1 is 1.02 bits per heavy atom. The summed E-state index contributed by atoms with van der Waals surface area (Å²) >= 11 is 0. The number of amides is 5. The Labute approximate surface area is 289 Å². The standard InChI is InChI=1S/C34H53N5O9S/c1-34(2,3)48-33(44)38-18-15-26(16-19-38)39(22-24-12-8-5-9-13-24)32(43)37-27(20-23-10-6-4-7-11-23)30(41)36-28(31(42)49(45,46)47)21-25-14-17-35-29(25)40/h5,8-9,12-13,23,25-28,31,42H,4,6-7,10-11,14-22H2,1-3H3,(H,35,40)(H,36,41)(H,37,43)(H,45,46,47)/p-1/t25-,27-,28-,31?/m0/s1. The summed E-state index contributed by atoms with van der Waals surface area (Å²) in [6.07, 6.45) is 5.71. The Morgan fingerprint density at radius 3 is 2.24 bits per heavy atom. The molecule has 4 rings (SSSR count). The van der Waals surface area contributed by atoms with Crippen molar-refractivity contribution in [3.05, 3.63) is 35.9 Å². The van der Waals surface area contributed by atoms with E-state index in [2.05, 4.69) is 16.0 Å². The highest BCUT2D eigenvalue weighted by molar-refractivity contribution is 7.86. The molecule has 15 heteroatoms. The van der Waals surface area contributed by atoms with Gasteiger partial charge in [-0.1, -0.05) is 62.4 Å². The maximum Gasteiger partial charge on any atom is 0.410 e. The number of aliphatic hydroxyl groups excluding tert-OH is 1. The molecule has 2 aliphatic heterocycles. The van der Waals surface area contributed by atoms with Gasteiger partial charge in [0, 0.05) is 38.1 Å². The molecule has 0 radical (unpaired) electrons. The van der Waals surface area contributed by atoms with E-state index < -0.39 is 57.2 Å². The van der Waals surface area contributed by atoms with E-state index in [0.29, 0.717) is 38.9 Å². The lowest BCUT2D eigenvalue weighted by Crippen LogP contribution is -2.58. The largest absolute Gasteiger partial charge is 0.746 e. The SMILES string of the molecule is CC(C)(C)OC(=O)N1CCC(N(Cc2ccccc2)C(=O)N[C@@H](CC2CCCCC2)C(=O)N[C@@H](C[C@@H]2CCNC2=O)C(O)S(=O)(=O)[O-])CC1. The number of carbonyl (C=O) groups excluding carboxylic acids is 4. The first-order chi connectivity index (χ1) is 23.1. The van der Waals surface area contributed by atoms with E-state index in [1.54, 1.807) is 30.6 Å². The molecule has 1 aromatic rings. The lowest BCUT2D eigenvalue weighted by Gasteiger charge is -2.39. The minimum absolute atomic E-state index is 0.122. The zero-order valence-corrected chi connectivity index (χ0v) is 29.6. The van der Waals surface area contributed by atoms with Gasteiger partial charge in [-0.3, -0.25) is 9.59 Å². The highest BCUT2D eigenvalue weighted by Gasteiger charge is 2.38. The fraction of sp³-hybridized carbons (Fsp3) is 0.706. The van der Waals surface area contributed by atoms with Crippen molar-refractivity contribution < 1.29 is 42.0 Å². The van der Waals surface area contributed by atoms with E-state index in [1.165, 1.54) is 0 Å². The van der Waals surface area contributed by atoms with Gasteiger partial charge in [-0.25, -0.2) is 18.0 Å². The number of nitrogens with zero attached hydrogens (tertiary/aromatic N) is 2. The summed E-state index contributed by atoms with van der Waals surface area (Å²) < 4.78 is 41.2. The van der Waals surface area contributed by atoms with Gasteiger partial charge in [-0.05, 0) is 64.4 Å². The summed E-state index contributed by atoms with van der Waals surface area (Å²) in [6.45, 7) is 6.77. The minimum Gasteiger partial charge on any atom is -0.746 e. The molecule has 1 aromatic carbocycles. The van der Waals surface area contributed by atoms with Crippen LogP contribution in [0.25, 0.3) is 0 Å². The number of nitrogens with one attached hydrogen (secondary N) is 3. The summed E-state index contributed by atoms with van der Waals surface area (Å²) in [7, 11) is -5.24. The summed E-state index contributed by atoms with van der Waals surface area (Å²) in [4.78, 5) is 56.4. The Balaban J connectivity index is 1.54. The molecule has 0 spiro atoms. The molecule has 1 aliphatic carbocycles. The molecule has 5 amide bonds. The monoisotopic (exact) mass is 706 g/mol. The van der Waals surface area contributed by atoms with Gasteiger partial charge in [0.1, 0.15) is 21.8 Å². The number of ether oxygens (including phenoxy) is 1. The predicted molar refractivity (Wildman–Crippen MR) is 180 cm³/mol. The second-order valence-corrected chi connectivity index (χ2v) is 16.0. The first kappa shape index (κ1) is 38.4. The van der Waals surface area contributed by atoms with Crippen LogP contribution >= 0.6 is 0 Å². The molecule has 4 N–H and O–H groups in total. The average molecular weight is 707 g/mol. The van der Waals surface area contributed by atoms with E-state index in [1.807, 2.05) is 30.3 Å². The smallest absolute Gasteiger partial charge is 0.410 e. The number of urea groups is 1. The molecule has 0 aromatic heterocycles. The number of piperidine rings is 1. The molecule has 3 aliphatic rings. The van der Waals surface area contributed by atoms with E-state index in [-0.39, 0.29) is 37.3 Å². The van der Waals surface area contributed by atoms with E-state index in [0.717, 1.165) is 37.7 Å². The third-order valence-corrected chi connectivity index (χ3v) is 10.5. The van der Waals surface area contributed by atoms with Crippen molar-refractivity contribution in [1.82, 2.24) is 25.8 Å². The van der Waals surface area contributed by atoms with Crippen LogP contribution in [-0.2, 0) is 31.0 Å². The van der Waals surface area contributed by atoms with Crippen LogP contribution in [0, 0.1) is 11.8 Å². The molecule has 49 heavy (non-hydrogen) atoms. The Morgan fingerprint density at radius 2 is 1.67 bits per heavy atom. The molecule has 2 heterocycles. The summed E-state index contributed by atoms with van der Waals surface area (Å²) in [5.41, 5.74) is -2.24. The van der Waals surface area contributed by atoms with E-state index in [4.69, 9.17) is 4.74 Å². The van der Waals surface area contributed by atoms with Gasteiger partial charge in [0.15, 0.2) is 5.44 Å². The van der Waals surface area contributed by atoms with Crippen LogP contribution in [0.4, 0.5) is 9.59 Å². The van der Waals surface area contributed by atoms with Crippen LogP contribution in [0.1, 0.15) is 90.5 Å². The van der Waals surface area contributed by atoms with Crippen molar-refractivity contribution in [2.24, 2.45) is 11.8 Å². The van der Waals surface area contributed by atoms with Gasteiger partial charge in [0.2, 0.25) is 11.8 Å². The van der Waals surface area contributed by atoms with Crippen molar-refractivity contribution in [2.45, 2.75) is 121 Å². The molecular weight excluding hydrogens is 654 g/mol. The summed E-state index contributed by atoms with van der Waals surface area (Å²) in [6, 6.07) is 6.00. The van der Waals surface area contributed by atoms with E-state index >= 15 is 0 Å². The first-order valence-corrected chi connectivity index (χ1v) is 18.9. The lowest BCUT2D eigenvalue weighted by molar-refractivity contribution is -0.126. The van der Waals surface area contributed by atoms with Gasteiger partial charge in [-0.15, -0.1) is 0 Å². The molecule has 0 bridgehead atoms. The first-order valence-electron chi connectivity index (χ1n) is 17.4. The number of aliphatic hydroxyl groups is 1. The zero-order valence-electron chi connectivity index (χ0n) is 28.8. The van der Waals surface area contributed by atoms with Gasteiger partial charge in [-0.2, -0.15) is 0 Å². The molecular formula is C34H52N5O9S-. The maximum absolute atomic E-state index is 14.2. The second-order valence-electron chi connectivity index (χ2n) is 14.6. The van der Waals surface area contributed by atoms with Crippen molar-refractivity contribution >= 4 is 34.1 Å². The molecule has 3 fully saturated rings. The molecule has 274 valence electrons. The molecule has 1 saturated carbocycles. The van der Waals surface area contributed by atoms with Gasteiger partial charge < -0.3 is 40.1 Å². The Kier molecular flexibility index (Phi) is 13.3. The van der Waals surface area contributed by atoms with Crippen molar-refractivity contribution in [3.63, 3.8) is 0 Å². The third-order valence-electron chi connectivity index (χ3n) is 9.59. The lowest BCUT2D eigenvalue weighted by atomic mass is 9.84. The van der Waals surface area contributed by atoms with Crippen LogP contribution in [0.2, 0.25) is 0 Å². The number of carbonyl (C=O) groups is 4. The zero-order chi connectivity index (χ0) is 35.8. The fourth-order valence-electron chi connectivity index (χ4n) is 6.96. The summed E-state index contributed by atoms with van der Waals surface area (Å²) in [5.74, 6) is -1.65. The highest BCUT2D eigenvalue weighted by atomic mass is 32.2. The molecule has 4 atom stereocenters. The van der Waals surface area contributed by atoms with Crippen molar-refractivity contribution in [3.8, 4) is 0 Å². The van der Waals surface area contributed by atoms with E-state index in [9.17, 15) is 37.3 Å². The van der Waals surface area contributed by atoms with Crippen LogP contribution < -0.4 is 16.0 Å². The molecule has 14 nitrogen and oxygen atoms in total. The Bertz CT molecular complexity index is 1390. The van der Waals surface area contributed by atoms with Crippen LogP contribution in [0.5, 0.6) is 0 Å². The fourth-order valence-corrected chi connectivity index (χ4v) is 7.54. The third kappa shape index (κ3) is 11.6. The number of rotatable bonds is 12. The highest BCUT2D eigenvalue weighted by Crippen LogP contribution is 2.29. The average Bonchev–Trinajstić information content (AvgIpc) is 3.46. The van der Waals surface area contributed by atoms with Crippen molar-refractivity contribution in [2.75, 3.05) is 19.6 Å². The number of benzene rings is 1. The number of hydrogen-bond acceptors (Lipinski definition) is 9. The summed E-state index contributed by atoms with van der Waals surface area (Å²) in [5, 5.41) is 18.6. The van der Waals surface area contributed by atoms with Gasteiger partial charge in [0.05, 0.1) is 6.04 Å². The second kappa shape index (κ2) is 17.0. The molecule has 2 saturated heterocycles. The van der Waals surface area contributed by atoms with Crippen molar-refractivity contribution in [1.29, 1.82) is 0 Å². The normalized spacial score (nSPS) is 21.3.